The number of carbonyl (C=O) groups excluding carboxylic acids is 1. The number of carbonyl (C=O) groups is 1. The third-order valence-corrected chi connectivity index (χ3v) is 4.57. The molecule has 3 aromatic rings. The molecule has 25 heavy (non-hydrogen) atoms. The summed E-state index contributed by atoms with van der Waals surface area (Å²) in [6, 6.07) is 16.3. The highest BCUT2D eigenvalue weighted by Gasteiger charge is 2.20. The highest BCUT2D eigenvalue weighted by Crippen LogP contribution is 2.27. The van der Waals surface area contributed by atoms with E-state index in [4.69, 9.17) is 0 Å². The van der Waals surface area contributed by atoms with E-state index in [2.05, 4.69) is 38.4 Å². The second kappa shape index (κ2) is 7.07. The van der Waals surface area contributed by atoms with Crippen molar-refractivity contribution in [2.24, 2.45) is 5.92 Å². The summed E-state index contributed by atoms with van der Waals surface area (Å²) in [6.45, 7) is 1.91. The second-order valence-corrected chi connectivity index (χ2v) is 6.62. The summed E-state index contributed by atoms with van der Waals surface area (Å²) in [5.74, 6) is 0.838. The van der Waals surface area contributed by atoms with Crippen LogP contribution in [0.3, 0.4) is 0 Å². The number of nitrogens with zero attached hydrogens (tertiary/aromatic N) is 2. The molecule has 4 rings (SSSR count). The molecule has 5 heteroatoms. The molecule has 1 amide bonds. The van der Waals surface area contributed by atoms with Crippen LogP contribution in [-0.4, -0.2) is 28.5 Å². The molecule has 5 nitrogen and oxygen atoms in total. The van der Waals surface area contributed by atoms with Crippen molar-refractivity contribution in [2.45, 2.75) is 19.4 Å². The molecule has 0 aliphatic heterocycles. The minimum Gasteiger partial charge on any atom is -0.351 e. The molecule has 1 saturated carbocycles. The summed E-state index contributed by atoms with van der Waals surface area (Å²) in [7, 11) is 0. The van der Waals surface area contributed by atoms with Crippen molar-refractivity contribution < 1.29 is 4.79 Å². The van der Waals surface area contributed by atoms with Crippen LogP contribution in [-0.2, 0) is 11.3 Å². The van der Waals surface area contributed by atoms with Gasteiger partial charge in [-0.2, -0.15) is 0 Å². The lowest BCUT2D eigenvalue weighted by Gasteiger charge is -2.08. The Kier molecular flexibility index (Phi) is 4.48. The van der Waals surface area contributed by atoms with Gasteiger partial charge in [0.1, 0.15) is 6.33 Å². The Bertz CT molecular complexity index is 865. The molecular weight excluding hydrogens is 312 g/mol. The number of amides is 1. The van der Waals surface area contributed by atoms with Crippen LogP contribution < -0.4 is 10.6 Å². The Morgan fingerprint density at radius 3 is 2.72 bits per heavy atom. The summed E-state index contributed by atoms with van der Waals surface area (Å²) in [5.41, 5.74) is 4.22. The minimum atomic E-state index is 0.0466. The fourth-order valence-electron chi connectivity index (χ4n) is 2.91. The second-order valence-electron chi connectivity index (χ2n) is 6.62. The summed E-state index contributed by atoms with van der Waals surface area (Å²) in [5, 5.41) is 6.16. The number of hydrogen-bond donors (Lipinski definition) is 2. The predicted octanol–water partition coefficient (Wildman–Crippen LogP) is 2.64. The summed E-state index contributed by atoms with van der Waals surface area (Å²) in [4.78, 5) is 16.3. The zero-order valence-electron chi connectivity index (χ0n) is 14.1. The quantitative estimate of drug-likeness (QED) is 0.698. The van der Waals surface area contributed by atoms with E-state index in [1.54, 1.807) is 0 Å². The van der Waals surface area contributed by atoms with Gasteiger partial charge in [-0.05, 0) is 55.1 Å². The first kappa shape index (κ1) is 15.8. The van der Waals surface area contributed by atoms with Crippen LogP contribution in [0.25, 0.3) is 16.7 Å². The molecule has 0 spiro atoms. The molecule has 1 aromatic heterocycles. The maximum Gasteiger partial charge on any atom is 0.234 e. The van der Waals surface area contributed by atoms with E-state index in [1.807, 2.05) is 36.7 Å². The van der Waals surface area contributed by atoms with Crippen molar-refractivity contribution in [3.8, 4) is 5.69 Å². The minimum absolute atomic E-state index is 0.0466. The van der Waals surface area contributed by atoms with Crippen molar-refractivity contribution in [3.05, 3.63) is 60.4 Å². The Hall–Kier alpha value is -2.66. The number of imidazole rings is 1. The molecule has 128 valence electrons. The number of fused-ring (bicyclic) bond motifs is 1. The molecule has 0 atom stereocenters. The van der Waals surface area contributed by atoms with Gasteiger partial charge in [0.05, 0.1) is 17.6 Å². The molecule has 0 saturated heterocycles. The fourth-order valence-corrected chi connectivity index (χ4v) is 2.91. The Labute approximate surface area is 147 Å². The molecule has 2 aromatic carbocycles. The van der Waals surface area contributed by atoms with Gasteiger partial charge in [-0.1, -0.05) is 24.3 Å². The number of para-hydroxylation sites is 2. The first-order valence-electron chi connectivity index (χ1n) is 8.78. The summed E-state index contributed by atoms with van der Waals surface area (Å²) >= 11 is 0. The van der Waals surface area contributed by atoms with E-state index in [0.717, 1.165) is 34.7 Å². The Morgan fingerprint density at radius 2 is 1.92 bits per heavy atom. The summed E-state index contributed by atoms with van der Waals surface area (Å²) in [6.07, 6.45) is 4.44. The third-order valence-electron chi connectivity index (χ3n) is 4.57. The van der Waals surface area contributed by atoms with Gasteiger partial charge in [0, 0.05) is 12.2 Å². The predicted molar refractivity (Wildman–Crippen MR) is 98.5 cm³/mol. The molecule has 1 fully saturated rings. The van der Waals surface area contributed by atoms with Gasteiger partial charge in [-0.15, -0.1) is 0 Å². The highest BCUT2D eigenvalue weighted by atomic mass is 16.1. The van der Waals surface area contributed by atoms with Gasteiger partial charge in [0.2, 0.25) is 5.91 Å². The number of hydrogen-bond acceptors (Lipinski definition) is 3. The lowest BCUT2D eigenvalue weighted by Crippen LogP contribution is -2.34. The lowest BCUT2D eigenvalue weighted by molar-refractivity contribution is -0.120. The molecule has 1 aliphatic rings. The van der Waals surface area contributed by atoms with Crippen LogP contribution in [0.15, 0.2) is 54.9 Å². The molecule has 0 unspecified atom stereocenters. The zero-order valence-corrected chi connectivity index (χ0v) is 14.1. The van der Waals surface area contributed by atoms with E-state index in [-0.39, 0.29) is 5.91 Å². The number of nitrogens with one attached hydrogen (secondary N) is 2. The molecule has 0 bridgehead atoms. The Morgan fingerprint density at radius 1 is 1.12 bits per heavy atom. The standard InChI is InChI=1S/C20H22N4O/c25-20(13-21-11-15-5-6-15)22-12-16-7-9-17(10-8-16)24-14-23-18-3-1-2-4-19(18)24/h1-4,7-10,14-15,21H,5-6,11-13H2,(H,22,25). The van der Waals surface area contributed by atoms with Crippen molar-refractivity contribution in [3.63, 3.8) is 0 Å². The fraction of sp³-hybridized carbons (Fsp3) is 0.300. The van der Waals surface area contributed by atoms with Gasteiger partial charge in [0.25, 0.3) is 0 Å². The van der Waals surface area contributed by atoms with Crippen molar-refractivity contribution in [1.29, 1.82) is 0 Å². The van der Waals surface area contributed by atoms with Crippen molar-refractivity contribution >= 4 is 16.9 Å². The van der Waals surface area contributed by atoms with Gasteiger partial charge < -0.3 is 10.6 Å². The molecule has 0 radical (unpaired) electrons. The SMILES string of the molecule is O=C(CNCC1CC1)NCc1ccc(-n2cnc3ccccc32)cc1. The number of aromatic nitrogens is 2. The average Bonchev–Trinajstić information content (AvgIpc) is 3.37. The highest BCUT2D eigenvalue weighted by molar-refractivity contribution is 5.78. The van der Waals surface area contributed by atoms with Gasteiger partial charge in [0.15, 0.2) is 0 Å². The summed E-state index contributed by atoms with van der Waals surface area (Å²) < 4.78 is 2.07. The van der Waals surface area contributed by atoms with Gasteiger partial charge in [-0.3, -0.25) is 9.36 Å². The topological polar surface area (TPSA) is 59.0 Å². The lowest BCUT2D eigenvalue weighted by atomic mass is 10.2. The average molecular weight is 334 g/mol. The van der Waals surface area contributed by atoms with E-state index >= 15 is 0 Å². The number of rotatable bonds is 7. The van der Waals surface area contributed by atoms with Gasteiger partial charge in [-0.25, -0.2) is 4.98 Å². The smallest absolute Gasteiger partial charge is 0.234 e. The van der Waals surface area contributed by atoms with Crippen LogP contribution in [0.5, 0.6) is 0 Å². The van der Waals surface area contributed by atoms with E-state index in [0.29, 0.717) is 13.1 Å². The van der Waals surface area contributed by atoms with Crippen molar-refractivity contribution in [2.75, 3.05) is 13.1 Å². The largest absolute Gasteiger partial charge is 0.351 e. The monoisotopic (exact) mass is 334 g/mol. The first-order valence-corrected chi connectivity index (χ1v) is 8.78. The first-order chi connectivity index (χ1) is 12.3. The number of benzene rings is 2. The molecule has 1 aliphatic carbocycles. The van der Waals surface area contributed by atoms with Crippen LogP contribution in [0.2, 0.25) is 0 Å². The zero-order chi connectivity index (χ0) is 17.1. The molecular formula is C20H22N4O. The van der Waals surface area contributed by atoms with E-state index in [1.165, 1.54) is 12.8 Å². The maximum absolute atomic E-state index is 11.8. The third kappa shape index (κ3) is 3.88. The van der Waals surface area contributed by atoms with Crippen LogP contribution in [0, 0.1) is 5.92 Å². The van der Waals surface area contributed by atoms with E-state index in [9.17, 15) is 4.79 Å². The normalized spacial score (nSPS) is 13.9. The van der Waals surface area contributed by atoms with Crippen LogP contribution in [0.1, 0.15) is 18.4 Å². The molecule has 1 heterocycles. The van der Waals surface area contributed by atoms with Crippen molar-refractivity contribution in [1.82, 2.24) is 20.2 Å². The Balaban J connectivity index is 1.34. The van der Waals surface area contributed by atoms with Crippen LogP contribution in [0.4, 0.5) is 0 Å². The van der Waals surface area contributed by atoms with E-state index < -0.39 is 0 Å². The molecule has 2 N–H and O–H groups in total. The maximum atomic E-state index is 11.8. The van der Waals surface area contributed by atoms with Gasteiger partial charge >= 0.3 is 0 Å². The van der Waals surface area contributed by atoms with Crippen LogP contribution >= 0.6 is 0 Å².